The first kappa shape index (κ1) is 10.8. The van der Waals surface area contributed by atoms with Gasteiger partial charge in [0.1, 0.15) is 0 Å². The minimum Gasteiger partial charge on any atom is -0.325 e. The van der Waals surface area contributed by atoms with Crippen molar-refractivity contribution in [3.05, 3.63) is 0 Å². The molecule has 0 aromatic heterocycles. The Balaban J connectivity index is 2.34. The smallest absolute Gasteiger partial charge is 0.325 e. The second-order valence-electron chi connectivity index (χ2n) is 4.05. The van der Waals surface area contributed by atoms with E-state index in [1.807, 2.05) is 6.92 Å². The first-order valence-electron chi connectivity index (χ1n) is 4.36. The molecule has 0 aromatic carbocycles. The third-order valence-corrected chi connectivity index (χ3v) is 2.40. The Labute approximate surface area is 75.9 Å². The summed E-state index contributed by atoms with van der Waals surface area (Å²) in [5, 5.41) is 0. The highest BCUT2D eigenvalue weighted by Crippen LogP contribution is 2.23. The molecule has 1 heterocycles. The van der Waals surface area contributed by atoms with E-state index >= 15 is 0 Å². The van der Waals surface area contributed by atoms with Crippen LogP contribution in [-0.2, 0) is 0 Å². The van der Waals surface area contributed by atoms with Crippen molar-refractivity contribution in [2.75, 3.05) is 19.6 Å². The molecule has 1 rings (SSSR count). The maximum Gasteiger partial charge on any atom is 0.401 e. The highest BCUT2D eigenvalue weighted by atomic mass is 19.4. The summed E-state index contributed by atoms with van der Waals surface area (Å²) in [6.45, 7) is 1.99. The summed E-state index contributed by atoms with van der Waals surface area (Å²) in [5.74, 6) is 0. The maximum atomic E-state index is 12.0. The van der Waals surface area contributed by atoms with Crippen molar-refractivity contribution in [1.29, 1.82) is 0 Å². The fraction of sp³-hybridized carbons (Fsp3) is 1.00. The van der Waals surface area contributed by atoms with E-state index in [1.54, 1.807) is 0 Å². The summed E-state index contributed by atoms with van der Waals surface area (Å²) in [7, 11) is 0. The lowest BCUT2D eigenvalue weighted by molar-refractivity contribution is -0.148. The number of nitrogens with zero attached hydrogens (tertiary/aromatic N) is 1. The van der Waals surface area contributed by atoms with Crippen LogP contribution in [0.3, 0.4) is 0 Å². The number of hydrogen-bond acceptors (Lipinski definition) is 2. The van der Waals surface area contributed by atoms with Gasteiger partial charge in [-0.1, -0.05) is 0 Å². The van der Waals surface area contributed by atoms with E-state index in [0.29, 0.717) is 25.9 Å². The molecule has 1 aliphatic heterocycles. The van der Waals surface area contributed by atoms with Gasteiger partial charge in [0, 0.05) is 18.6 Å². The molecule has 0 bridgehead atoms. The fourth-order valence-corrected chi connectivity index (χ4v) is 1.48. The van der Waals surface area contributed by atoms with Gasteiger partial charge in [-0.05, 0) is 19.8 Å². The van der Waals surface area contributed by atoms with Gasteiger partial charge < -0.3 is 5.73 Å². The molecule has 0 radical (unpaired) electrons. The van der Waals surface area contributed by atoms with Crippen LogP contribution in [0.1, 0.15) is 19.8 Å². The first-order chi connectivity index (χ1) is 5.79. The Morgan fingerprint density at radius 2 is 1.77 bits per heavy atom. The quantitative estimate of drug-likeness (QED) is 0.686. The molecule has 0 atom stereocenters. The van der Waals surface area contributed by atoms with E-state index in [-0.39, 0.29) is 5.54 Å². The zero-order valence-electron chi connectivity index (χ0n) is 7.69. The van der Waals surface area contributed by atoms with Crippen molar-refractivity contribution >= 4 is 0 Å². The summed E-state index contributed by atoms with van der Waals surface area (Å²) >= 11 is 0. The van der Waals surface area contributed by atoms with Crippen LogP contribution >= 0.6 is 0 Å². The number of likely N-dealkylation sites (tertiary alicyclic amines) is 1. The summed E-state index contributed by atoms with van der Waals surface area (Å²) in [6.07, 6.45) is -2.80. The van der Waals surface area contributed by atoms with Gasteiger partial charge in [-0.2, -0.15) is 13.2 Å². The molecule has 5 heteroatoms. The van der Waals surface area contributed by atoms with Crippen LogP contribution in [0.25, 0.3) is 0 Å². The van der Waals surface area contributed by atoms with Crippen molar-refractivity contribution < 1.29 is 13.2 Å². The van der Waals surface area contributed by atoms with Crippen LogP contribution in [0.2, 0.25) is 0 Å². The van der Waals surface area contributed by atoms with Gasteiger partial charge in [0.2, 0.25) is 0 Å². The van der Waals surface area contributed by atoms with Gasteiger partial charge in [-0.25, -0.2) is 0 Å². The average Bonchev–Trinajstić information content (AvgIpc) is 1.91. The minimum atomic E-state index is -4.08. The number of alkyl halides is 3. The molecular formula is C8H15F3N2. The lowest BCUT2D eigenvalue weighted by Gasteiger charge is -2.36. The SMILES string of the molecule is CC1(N)CCN(CC(F)(F)F)CC1. The monoisotopic (exact) mass is 196 g/mol. The summed E-state index contributed by atoms with van der Waals surface area (Å²) in [5.41, 5.74) is 5.52. The predicted molar refractivity (Wildman–Crippen MR) is 44.3 cm³/mol. The second-order valence-corrected chi connectivity index (χ2v) is 4.05. The van der Waals surface area contributed by atoms with E-state index in [9.17, 15) is 13.2 Å². The Hall–Kier alpha value is -0.290. The Morgan fingerprint density at radius 3 is 2.15 bits per heavy atom. The Morgan fingerprint density at radius 1 is 1.31 bits per heavy atom. The zero-order chi connectivity index (χ0) is 10.1. The van der Waals surface area contributed by atoms with Crippen LogP contribution < -0.4 is 5.73 Å². The van der Waals surface area contributed by atoms with Crippen LogP contribution in [0.15, 0.2) is 0 Å². The van der Waals surface area contributed by atoms with E-state index in [0.717, 1.165) is 0 Å². The highest BCUT2D eigenvalue weighted by molar-refractivity contribution is 4.86. The highest BCUT2D eigenvalue weighted by Gasteiger charge is 2.34. The molecule has 0 spiro atoms. The van der Waals surface area contributed by atoms with Crippen LogP contribution in [0.5, 0.6) is 0 Å². The van der Waals surface area contributed by atoms with E-state index in [1.165, 1.54) is 4.90 Å². The molecule has 13 heavy (non-hydrogen) atoms. The first-order valence-corrected chi connectivity index (χ1v) is 4.36. The molecule has 0 amide bonds. The molecular weight excluding hydrogens is 181 g/mol. The normalized spacial score (nSPS) is 24.7. The van der Waals surface area contributed by atoms with Crippen molar-refractivity contribution in [2.45, 2.75) is 31.5 Å². The standard InChI is InChI=1S/C8H15F3N2/c1-7(12)2-4-13(5-3-7)6-8(9,10)11/h2-6,12H2,1H3. The number of nitrogens with two attached hydrogens (primary N) is 1. The second kappa shape index (κ2) is 3.46. The molecule has 0 unspecified atom stereocenters. The van der Waals surface area contributed by atoms with Crippen molar-refractivity contribution in [3.8, 4) is 0 Å². The van der Waals surface area contributed by atoms with Gasteiger partial charge in [0.15, 0.2) is 0 Å². The molecule has 1 aliphatic rings. The van der Waals surface area contributed by atoms with E-state index < -0.39 is 12.7 Å². The molecule has 1 fully saturated rings. The van der Waals surface area contributed by atoms with Crippen molar-refractivity contribution in [2.24, 2.45) is 5.73 Å². The van der Waals surface area contributed by atoms with E-state index in [2.05, 4.69) is 0 Å². The van der Waals surface area contributed by atoms with Gasteiger partial charge in [0.25, 0.3) is 0 Å². The number of halogens is 3. The molecule has 0 saturated carbocycles. The van der Waals surface area contributed by atoms with Crippen molar-refractivity contribution in [3.63, 3.8) is 0 Å². The number of hydrogen-bond donors (Lipinski definition) is 1. The van der Waals surface area contributed by atoms with E-state index in [4.69, 9.17) is 5.73 Å². The maximum absolute atomic E-state index is 12.0. The van der Waals surface area contributed by atoms with Gasteiger partial charge in [-0.3, -0.25) is 4.90 Å². The Bertz CT molecular complexity index is 167. The lowest BCUT2D eigenvalue weighted by Crippen LogP contribution is -2.50. The Kier molecular flexibility index (Phi) is 2.87. The molecule has 78 valence electrons. The summed E-state index contributed by atoms with van der Waals surface area (Å²) < 4.78 is 35.9. The zero-order valence-corrected chi connectivity index (χ0v) is 7.69. The number of piperidine rings is 1. The molecule has 2 nitrogen and oxygen atoms in total. The average molecular weight is 196 g/mol. The van der Waals surface area contributed by atoms with Gasteiger partial charge in [0.05, 0.1) is 6.54 Å². The van der Waals surface area contributed by atoms with Crippen LogP contribution in [0.4, 0.5) is 13.2 Å². The topological polar surface area (TPSA) is 29.3 Å². The lowest BCUT2D eigenvalue weighted by atomic mass is 9.91. The van der Waals surface area contributed by atoms with Crippen LogP contribution in [0, 0.1) is 0 Å². The third-order valence-electron chi connectivity index (χ3n) is 2.40. The van der Waals surface area contributed by atoms with Gasteiger partial charge in [-0.15, -0.1) is 0 Å². The van der Waals surface area contributed by atoms with Crippen molar-refractivity contribution in [1.82, 2.24) is 4.90 Å². The van der Waals surface area contributed by atoms with Crippen LogP contribution in [-0.4, -0.2) is 36.2 Å². The molecule has 2 N–H and O–H groups in total. The number of rotatable bonds is 1. The third kappa shape index (κ3) is 3.95. The molecule has 1 saturated heterocycles. The minimum absolute atomic E-state index is 0.276. The summed E-state index contributed by atoms with van der Waals surface area (Å²) in [4.78, 5) is 1.41. The summed E-state index contributed by atoms with van der Waals surface area (Å²) in [6, 6.07) is 0. The largest absolute Gasteiger partial charge is 0.401 e. The molecule has 0 aromatic rings. The fourth-order valence-electron chi connectivity index (χ4n) is 1.48. The predicted octanol–water partition coefficient (Wildman–Crippen LogP) is 1.36. The molecule has 0 aliphatic carbocycles. The van der Waals surface area contributed by atoms with Gasteiger partial charge >= 0.3 is 6.18 Å².